The zero-order valence-corrected chi connectivity index (χ0v) is 21.1. The van der Waals surface area contributed by atoms with Crippen LogP contribution in [-0.4, -0.2) is 30.0 Å². The Morgan fingerprint density at radius 3 is 2.00 bits per heavy atom. The number of hydrogen-bond acceptors (Lipinski definition) is 5. The zero-order valence-electron chi connectivity index (χ0n) is 20.2. The molecule has 1 aliphatic rings. The Balaban J connectivity index is 2.15. The van der Waals surface area contributed by atoms with E-state index in [4.69, 9.17) is 13.8 Å². The predicted octanol–water partition coefficient (Wildman–Crippen LogP) is 7.24. The molecule has 0 saturated carbocycles. The Morgan fingerprint density at radius 1 is 0.943 bits per heavy atom. The van der Waals surface area contributed by atoms with Gasteiger partial charge in [0.25, 0.3) is 0 Å². The van der Waals surface area contributed by atoms with Crippen molar-refractivity contribution in [2.45, 2.75) is 70.4 Å². The minimum atomic E-state index is -4.45. The summed E-state index contributed by atoms with van der Waals surface area (Å²) in [7, 11) is -3.87. The topological polar surface area (TPSA) is 65.0 Å². The standard InChI is InChI=1S/C26H32F3O5P/c1-17(2)33-35(31,34-18(3)4)24-16-22(19-8-6-5-7-9-19)25(23(32-24)14-15-30)20-10-12-21(13-11-20)26(27,28)29/h5-13,16-18,22-23,25,30H,14-15H2,1-4H3/t22-,23+,25-/m0/s1. The van der Waals surface area contributed by atoms with Gasteiger partial charge in [-0.1, -0.05) is 42.5 Å². The normalized spacial score (nSPS) is 21.2. The summed E-state index contributed by atoms with van der Waals surface area (Å²) >= 11 is 0. The van der Waals surface area contributed by atoms with E-state index in [1.807, 2.05) is 30.3 Å². The van der Waals surface area contributed by atoms with Gasteiger partial charge in [0.15, 0.2) is 0 Å². The molecule has 2 aromatic carbocycles. The number of benzene rings is 2. The Bertz CT molecular complexity index is 1020. The van der Waals surface area contributed by atoms with Crippen LogP contribution in [0.25, 0.3) is 0 Å². The summed E-state index contributed by atoms with van der Waals surface area (Å²) in [5.41, 5.74) is 0.784. The van der Waals surface area contributed by atoms with Crippen LogP contribution in [0.4, 0.5) is 13.2 Å². The second-order valence-electron chi connectivity index (χ2n) is 9.06. The van der Waals surface area contributed by atoms with Crippen molar-refractivity contribution in [2.24, 2.45) is 0 Å². The predicted molar refractivity (Wildman–Crippen MR) is 128 cm³/mol. The summed E-state index contributed by atoms with van der Waals surface area (Å²) in [5.74, 6) is -0.852. The second kappa shape index (κ2) is 11.3. The number of allylic oxidation sites excluding steroid dienone is 1. The molecule has 1 aliphatic heterocycles. The molecule has 0 amide bonds. The highest BCUT2D eigenvalue weighted by Crippen LogP contribution is 2.62. The lowest BCUT2D eigenvalue weighted by molar-refractivity contribution is -0.137. The van der Waals surface area contributed by atoms with Crippen molar-refractivity contribution in [3.63, 3.8) is 0 Å². The van der Waals surface area contributed by atoms with Gasteiger partial charge in [0.05, 0.1) is 17.8 Å². The molecule has 3 atom stereocenters. The molecule has 0 bridgehead atoms. The van der Waals surface area contributed by atoms with Gasteiger partial charge in [-0.3, -0.25) is 4.57 Å². The number of aliphatic hydroxyl groups is 1. The number of ether oxygens (including phenoxy) is 1. The van der Waals surface area contributed by atoms with E-state index in [2.05, 4.69) is 0 Å². The molecule has 3 rings (SSSR count). The van der Waals surface area contributed by atoms with Crippen LogP contribution in [0.15, 0.2) is 66.2 Å². The van der Waals surface area contributed by atoms with Crippen LogP contribution >= 0.6 is 7.60 Å². The van der Waals surface area contributed by atoms with Crippen molar-refractivity contribution < 1.29 is 36.6 Å². The molecule has 0 aliphatic carbocycles. The SMILES string of the molecule is CC(C)OP(=O)(OC(C)C)C1=C[C@@H](c2ccccc2)[C@H](c2ccc(C(F)(F)F)cc2)[C@@H](CCO)O1. The van der Waals surface area contributed by atoms with E-state index in [1.165, 1.54) is 12.1 Å². The van der Waals surface area contributed by atoms with E-state index < -0.39 is 49.5 Å². The highest BCUT2D eigenvalue weighted by atomic mass is 31.2. The van der Waals surface area contributed by atoms with Crippen LogP contribution in [0.5, 0.6) is 0 Å². The molecule has 2 aromatic rings. The first kappa shape index (κ1) is 27.5. The molecule has 0 spiro atoms. The minimum Gasteiger partial charge on any atom is -0.482 e. The Kier molecular flexibility index (Phi) is 8.86. The first-order chi connectivity index (χ1) is 16.4. The molecule has 0 aromatic heterocycles. The van der Waals surface area contributed by atoms with Gasteiger partial charge in [-0.2, -0.15) is 13.2 Å². The van der Waals surface area contributed by atoms with E-state index in [1.54, 1.807) is 33.8 Å². The maximum Gasteiger partial charge on any atom is 0.416 e. The smallest absolute Gasteiger partial charge is 0.416 e. The van der Waals surface area contributed by atoms with Crippen molar-refractivity contribution in [3.8, 4) is 0 Å². The maximum atomic E-state index is 13.9. The summed E-state index contributed by atoms with van der Waals surface area (Å²) in [6.07, 6.45) is -4.09. The summed E-state index contributed by atoms with van der Waals surface area (Å²) < 4.78 is 71.1. The molecule has 9 heteroatoms. The molecule has 1 heterocycles. The first-order valence-corrected chi connectivity index (χ1v) is 13.2. The number of alkyl halides is 3. The van der Waals surface area contributed by atoms with E-state index >= 15 is 0 Å². The second-order valence-corrected chi connectivity index (χ2v) is 10.9. The van der Waals surface area contributed by atoms with E-state index in [-0.39, 0.29) is 18.5 Å². The molecule has 0 fully saturated rings. The van der Waals surface area contributed by atoms with Crippen LogP contribution in [0.1, 0.15) is 62.6 Å². The highest BCUT2D eigenvalue weighted by Gasteiger charge is 2.44. The average molecular weight is 513 g/mol. The molecule has 35 heavy (non-hydrogen) atoms. The lowest BCUT2D eigenvalue weighted by Crippen LogP contribution is -2.32. The van der Waals surface area contributed by atoms with E-state index in [9.17, 15) is 22.8 Å². The lowest BCUT2D eigenvalue weighted by Gasteiger charge is -2.39. The van der Waals surface area contributed by atoms with Crippen LogP contribution in [0.2, 0.25) is 0 Å². The number of halogens is 3. The fourth-order valence-electron chi connectivity index (χ4n) is 4.26. The van der Waals surface area contributed by atoms with Crippen LogP contribution < -0.4 is 0 Å². The third-order valence-corrected chi connectivity index (χ3v) is 7.76. The Morgan fingerprint density at radius 2 is 1.51 bits per heavy atom. The monoisotopic (exact) mass is 512 g/mol. The third kappa shape index (κ3) is 6.76. The Labute approximate surface area is 204 Å². The van der Waals surface area contributed by atoms with Gasteiger partial charge in [-0.05, 0) is 57.0 Å². The van der Waals surface area contributed by atoms with Crippen LogP contribution in [0.3, 0.4) is 0 Å². The molecule has 192 valence electrons. The van der Waals surface area contributed by atoms with Crippen molar-refractivity contribution in [1.82, 2.24) is 0 Å². The highest BCUT2D eigenvalue weighted by molar-refractivity contribution is 7.58. The van der Waals surface area contributed by atoms with Gasteiger partial charge in [-0.25, -0.2) is 0 Å². The molecular formula is C26H32F3O5P. The molecule has 5 nitrogen and oxygen atoms in total. The lowest BCUT2D eigenvalue weighted by atomic mass is 9.76. The Hall–Kier alpha value is -2.12. The zero-order chi connectivity index (χ0) is 25.8. The van der Waals surface area contributed by atoms with Crippen molar-refractivity contribution >= 4 is 7.60 Å². The van der Waals surface area contributed by atoms with Gasteiger partial charge < -0.3 is 18.9 Å². The number of rotatable bonds is 9. The molecule has 1 N–H and O–H groups in total. The average Bonchev–Trinajstić information content (AvgIpc) is 2.78. The van der Waals surface area contributed by atoms with Crippen molar-refractivity contribution in [2.75, 3.05) is 6.61 Å². The molecule has 0 unspecified atom stereocenters. The fourth-order valence-corrected chi connectivity index (χ4v) is 6.23. The fraction of sp³-hybridized carbons (Fsp3) is 0.462. The van der Waals surface area contributed by atoms with Crippen LogP contribution in [0, 0.1) is 0 Å². The number of hydrogen-bond donors (Lipinski definition) is 1. The van der Waals surface area contributed by atoms with Crippen molar-refractivity contribution in [1.29, 1.82) is 0 Å². The van der Waals surface area contributed by atoms with Gasteiger partial charge in [0.2, 0.25) is 5.50 Å². The molecule has 0 radical (unpaired) electrons. The van der Waals surface area contributed by atoms with E-state index in [0.29, 0.717) is 5.56 Å². The third-order valence-electron chi connectivity index (χ3n) is 5.57. The summed E-state index contributed by atoms with van der Waals surface area (Å²) in [6.45, 7) is 6.74. The van der Waals surface area contributed by atoms with Gasteiger partial charge >= 0.3 is 13.8 Å². The quantitative estimate of drug-likeness (QED) is 0.359. The van der Waals surface area contributed by atoms with Gasteiger partial charge in [0.1, 0.15) is 6.10 Å². The maximum absolute atomic E-state index is 13.9. The van der Waals surface area contributed by atoms with Crippen LogP contribution in [-0.2, 0) is 24.5 Å². The number of aliphatic hydroxyl groups excluding tert-OH is 1. The summed E-state index contributed by atoms with van der Waals surface area (Å²) in [4.78, 5) is 0. The summed E-state index contributed by atoms with van der Waals surface area (Å²) in [5, 5.41) is 9.79. The van der Waals surface area contributed by atoms with Gasteiger partial charge in [0, 0.05) is 24.9 Å². The first-order valence-electron chi connectivity index (χ1n) is 11.6. The van der Waals surface area contributed by atoms with Crippen molar-refractivity contribution in [3.05, 3.63) is 82.9 Å². The summed E-state index contributed by atoms with van der Waals surface area (Å²) in [6, 6.07) is 14.3. The van der Waals surface area contributed by atoms with Gasteiger partial charge in [-0.15, -0.1) is 0 Å². The molecular weight excluding hydrogens is 480 g/mol. The largest absolute Gasteiger partial charge is 0.482 e. The van der Waals surface area contributed by atoms with E-state index in [0.717, 1.165) is 17.7 Å². The molecule has 0 saturated heterocycles. The minimum absolute atomic E-state index is 0.0513.